The van der Waals surface area contributed by atoms with Crippen LogP contribution in [0.15, 0.2) is 42.5 Å². The number of ether oxygens (including phenoxy) is 1. The van der Waals surface area contributed by atoms with Crippen LogP contribution in [0.25, 0.3) is 0 Å². The molecular weight excluding hydrogens is 390 g/mol. The zero-order valence-corrected chi connectivity index (χ0v) is 18.2. The molecule has 28 heavy (non-hydrogen) atoms. The van der Waals surface area contributed by atoms with Gasteiger partial charge in [-0.2, -0.15) is 0 Å². The third-order valence-corrected chi connectivity index (χ3v) is 5.81. The lowest BCUT2D eigenvalue weighted by Crippen LogP contribution is -2.33. The van der Waals surface area contributed by atoms with E-state index in [1.807, 2.05) is 12.1 Å². The highest BCUT2D eigenvalue weighted by Crippen LogP contribution is 2.27. The van der Waals surface area contributed by atoms with E-state index in [0.717, 1.165) is 24.7 Å². The van der Waals surface area contributed by atoms with Crippen molar-refractivity contribution in [3.05, 3.63) is 53.1 Å². The van der Waals surface area contributed by atoms with Gasteiger partial charge in [-0.05, 0) is 73.8 Å². The Bertz CT molecular complexity index is 804. The molecule has 2 aromatic rings. The van der Waals surface area contributed by atoms with Crippen molar-refractivity contribution < 1.29 is 4.74 Å². The number of thiocarbonyl (C=S) groups is 1. The number of hydrogen-bond acceptors (Lipinski definition) is 3. The van der Waals surface area contributed by atoms with E-state index >= 15 is 0 Å². The summed E-state index contributed by atoms with van der Waals surface area (Å²) >= 11 is 11.6. The third-order valence-electron chi connectivity index (χ3n) is 5.30. The van der Waals surface area contributed by atoms with Gasteiger partial charge in [0.2, 0.25) is 0 Å². The van der Waals surface area contributed by atoms with E-state index in [2.05, 4.69) is 53.6 Å². The predicted octanol–water partition coefficient (Wildman–Crippen LogP) is 5.63. The average molecular weight is 418 g/mol. The van der Waals surface area contributed by atoms with Gasteiger partial charge in [0.1, 0.15) is 5.75 Å². The molecule has 0 spiro atoms. The van der Waals surface area contributed by atoms with Gasteiger partial charge in [-0.25, -0.2) is 0 Å². The molecule has 6 heteroatoms. The van der Waals surface area contributed by atoms with Crippen molar-refractivity contribution in [2.75, 3.05) is 30.4 Å². The lowest BCUT2D eigenvalue weighted by molar-refractivity contribution is 0.415. The number of rotatable bonds is 5. The van der Waals surface area contributed by atoms with Crippen LogP contribution in [-0.4, -0.2) is 25.3 Å². The smallest absolute Gasteiger partial charge is 0.171 e. The van der Waals surface area contributed by atoms with Crippen LogP contribution in [0, 0.1) is 5.92 Å². The minimum atomic E-state index is 0.101. The largest absolute Gasteiger partial charge is 0.495 e. The first-order chi connectivity index (χ1) is 13.5. The molecule has 1 aliphatic heterocycles. The van der Waals surface area contributed by atoms with Crippen molar-refractivity contribution in [3.8, 4) is 5.75 Å². The summed E-state index contributed by atoms with van der Waals surface area (Å²) in [5, 5.41) is 7.61. The summed E-state index contributed by atoms with van der Waals surface area (Å²) in [6.45, 7) is 6.73. The molecule has 2 aromatic carbocycles. The fourth-order valence-corrected chi connectivity index (χ4v) is 3.98. The highest BCUT2D eigenvalue weighted by molar-refractivity contribution is 7.80. The maximum Gasteiger partial charge on any atom is 0.171 e. The second-order valence-corrected chi connectivity index (χ2v) is 8.25. The molecule has 150 valence electrons. The van der Waals surface area contributed by atoms with Crippen LogP contribution in [0.2, 0.25) is 5.02 Å². The van der Waals surface area contributed by atoms with Crippen LogP contribution in [0.1, 0.15) is 38.3 Å². The Morgan fingerprint density at radius 2 is 1.86 bits per heavy atom. The molecule has 2 N–H and O–H groups in total. The van der Waals surface area contributed by atoms with Gasteiger partial charge in [0, 0.05) is 24.5 Å². The maximum atomic E-state index is 6.17. The van der Waals surface area contributed by atoms with Gasteiger partial charge in [-0.3, -0.25) is 0 Å². The number of benzene rings is 2. The molecule has 1 fully saturated rings. The number of piperidine rings is 1. The second kappa shape index (κ2) is 9.48. The van der Waals surface area contributed by atoms with Crippen molar-refractivity contribution >= 4 is 40.3 Å². The number of methoxy groups -OCH3 is 1. The predicted molar refractivity (Wildman–Crippen MR) is 123 cm³/mol. The van der Waals surface area contributed by atoms with Gasteiger partial charge in [0.15, 0.2) is 5.11 Å². The normalized spacial score (nSPS) is 15.8. The Morgan fingerprint density at radius 3 is 2.46 bits per heavy atom. The van der Waals surface area contributed by atoms with E-state index in [1.54, 1.807) is 13.2 Å². The van der Waals surface area contributed by atoms with E-state index in [4.69, 9.17) is 28.6 Å². The third kappa shape index (κ3) is 5.30. The molecule has 3 rings (SSSR count). The van der Waals surface area contributed by atoms with Crippen LogP contribution >= 0.6 is 23.8 Å². The zero-order valence-electron chi connectivity index (χ0n) is 16.7. The molecule has 0 aliphatic carbocycles. The summed E-state index contributed by atoms with van der Waals surface area (Å²) in [4.78, 5) is 2.47. The topological polar surface area (TPSA) is 36.5 Å². The highest BCUT2D eigenvalue weighted by Gasteiger charge is 2.16. The summed E-state index contributed by atoms with van der Waals surface area (Å²) in [5.74, 6) is 1.48. The maximum absolute atomic E-state index is 6.17. The monoisotopic (exact) mass is 417 g/mol. The number of halogens is 1. The quantitative estimate of drug-likeness (QED) is 0.616. The summed E-state index contributed by atoms with van der Waals surface area (Å²) in [6, 6.07) is 14.4. The molecule has 0 aromatic heterocycles. The van der Waals surface area contributed by atoms with Crippen LogP contribution in [0.3, 0.4) is 0 Å². The lowest BCUT2D eigenvalue weighted by Gasteiger charge is -2.32. The van der Waals surface area contributed by atoms with E-state index in [1.165, 1.54) is 24.1 Å². The van der Waals surface area contributed by atoms with Crippen molar-refractivity contribution in [1.82, 2.24) is 5.32 Å². The first kappa shape index (κ1) is 20.7. The fraction of sp³-hybridized carbons (Fsp3) is 0.409. The van der Waals surface area contributed by atoms with Crippen LogP contribution in [0.5, 0.6) is 5.75 Å². The molecular formula is C22H28ClN3OS. The van der Waals surface area contributed by atoms with Gasteiger partial charge in [-0.1, -0.05) is 30.7 Å². The first-order valence-electron chi connectivity index (χ1n) is 9.72. The summed E-state index contributed by atoms with van der Waals surface area (Å²) < 4.78 is 5.17. The molecule has 0 radical (unpaired) electrons. The molecule has 4 nitrogen and oxygen atoms in total. The van der Waals surface area contributed by atoms with Gasteiger partial charge in [-0.15, -0.1) is 0 Å². The Hall–Kier alpha value is -1.98. The van der Waals surface area contributed by atoms with Gasteiger partial charge in [0.25, 0.3) is 0 Å². The standard InChI is InChI=1S/C22H28ClN3OS/c1-15-10-12-26(13-11-15)19-7-4-17(5-8-19)16(2)24-22(28)25-18-6-9-21(27-3)20(23)14-18/h4-9,14-16H,10-13H2,1-3H3,(H2,24,25,28). The minimum absolute atomic E-state index is 0.101. The molecule has 1 aliphatic rings. The van der Waals surface area contributed by atoms with Crippen molar-refractivity contribution in [3.63, 3.8) is 0 Å². The Balaban J connectivity index is 1.55. The van der Waals surface area contributed by atoms with Crippen LogP contribution in [-0.2, 0) is 0 Å². The molecule has 1 heterocycles. The molecule has 0 bridgehead atoms. The number of hydrogen-bond donors (Lipinski definition) is 2. The van der Waals surface area contributed by atoms with E-state index in [-0.39, 0.29) is 6.04 Å². The first-order valence-corrected chi connectivity index (χ1v) is 10.5. The molecule has 1 saturated heterocycles. The molecule has 1 atom stereocenters. The summed E-state index contributed by atoms with van der Waals surface area (Å²) in [5.41, 5.74) is 3.33. The molecule has 0 amide bonds. The van der Waals surface area contributed by atoms with Gasteiger partial charge >= 0.3 is 0 Å². The molecule has 0 saturated carbocycles. The fourth-order valence-electron chi connectivity index (χ4n) is 3.43. The minimum Gasteiger partial charge on any atom is -0.495 e. The van der Waals surface area contributed by atoms with Crippen molar-refractivity contribution in [1.29, 1.82) is 0 Å². The zero-order chi connectivity index (χ0) is 20.1. The Morgan fingerprint density at radius 1 is 1.18 bits per heavy atom. The number of anilines is 2. The molecule has 1 unspecified atom stereocenters. The number of nitrogens with one attached hydrogen (secondary N) is 2. The van der Waals surface area contributed by atoms with E-state index < -0.39 is 0 Å². The van der Waals surface area contributed by atoms with Crippen molar-refractivity contribution in [2.24, 2.45) is 5.92 Å². The lowest BCUT2D eigenvalue weighted by atomic mass is 9.98. The summed E-state index contributed by atoms with van der Waals surface area (Å²) in [7, 11) is 1.60. The van der Waals surface area contributed by atoms with Gasteiger partial charge < -0.3 is 20.3 Å². The number of nitrogens with zero attached hydrogens (tertiary/aromatic N) is 1. The van der Waals surface area contributed by atoms with Gasteiger partial charge in [0.05, 0.1) is 18.2 Å². The SMILES string of the molecule is COc1ccc(NC(=S)NC(C)c2ccc(N3CCC(C)CC3)cc2)cc1Cl. The van der Waals surface area contributed by atoms with Crippen molar-refractivity contribution in [2.45, 2.75) is 32.7 Å². The van der Waals surface area contributed by atoms with E-state index in [9.17, 15) is 0 Å². The van der Waals surface area contributed by atoms with E-state index in [0.29, 0.717) is 15.9 Å². The Labute approximate surface area is 178 Å². The van der Waals surface area contributed by atoms with Crippen LogP contribution in [0.4, 0.5) is 11.4 Å². The second-order valence-electron chi connectivity index (χ2n) is 7.43. The average Bonchev–Trinajstić information content (AvgIpc) is 2.69. The summed E-state index contributed by atoms with van der Waals surface area (Å²) in [6.07, 6.45) is 2.55. The highest BCUT2D eigenvalue weighted by atomic mass is 35.5. The Kier molecular flexibility index (Phi) is 7.03. The van der Waals surface area contributed by atoms with Crippen LogP contribution < -0.4 is 20.3 Å².